The molecule has 0 aliphatic carbocycles. The Balaban J connectivity index is 1.38. The van der Waals surface area contributed by atoms with Gasteiger partial charge in [0.15, 0.2) is 5.76 Å². The van der Waals surface area contributed by atoms with Gasteiger partial charge >= 0.3 is 5.70 Å². The molecule has 15 heteroatoms. The molecule has 0 radical (unpaired) electrons. The molecular formula is C51H62N6O9. The van der Waals surface area contributed by atoms with Gasteiger partial charge in [-0.15, -0.1) is 0 Å². The van der Waals surface area contributed by atoms with E-state index in [4.69, 9.17) is 49.2 Å². The molecular weight excluding hydrogens is 841 g/mol. The van der Waals surface area contributed by atoms with Crippen LogP contribution in [0.5, 0.6) is 17.2 Å². The van der Waals surface area contributed by atoms with Crippen LogP contribution in [0.3, 0.4) is 0 Å². The lowest BCUT2D eigenvalue weighted by molar-refractivity contribution is 0.0435. The molecule has 4 heterocycles. The number of aryl methyl sites for hydroxylation is 2. The van der Waals surface area contributed by atoms with Crippen molar-refractivity contribution in [2.75, 3.05) is 140 Å². The third-order valence-electron chi connectivity index (χ3n) is 11.3. The summed E-state index contributed by atoms with van der Waals surface area (Å²) >= 11 is 0. The highest BCUT2D eigenvalue weighted by atomic mass is 16.5. The zero-order valence-corrected chi connectivity index (χ0v) is 38.9. The van der Waals surface area contributed by atoms with E-state index in [-0.39, 0.29) is 17.0 Å². The largest absolute Gasteiger partial charge is 0.492 e. The van der Waals surface area contributed by atoms with Gasteiger partial charge in [0.1, 0.15) is 48.7 Å². The molecule has 0 aromatic heterocycles. The lowest BCUT2D eigenvalue weighted by atomic mass is 9.94. The van der Waals surface area contributed by atoms with Crippen LogP contribution in [0.2, 0.25) is 0 Å². The topological polar surface area (TPSA) is 145 Å². The molecule has 2 bridgehead atoms. The van der Waals surface area contributed by atoms with Crippen LogP contribution in [-0.4, -0.2) is 131 Å². The Morgan fingerprint density at radius 3 is 1.67 bits per heavy atom. The number of ether oxygens (including phenoxy) is 9. The Labute approximate surface area is 389 Å². The van der Waals surface area contributed by atoms with E-state index in [2.05, 4.69) is 75.9 Å². The highest BCUT2D eigenvalue weighted by Gasteiger charge is 2.38. The van der Waals surface area contributed by atoms with E-state index in [1.54, 1.807) is 27.0 Å². The summed E-state index contributed by atoms with van der Waals surface area (Å²) in [7, 11) is 1.63. The lowest BCUT2D eigenvalue weighted by Crippen LogP contribution is -2.34. The summed E-state index contributed by atoms with van der Waals surface area (Å²) in [5.41, 5.74) is 5.18. The monoisotopic (exact) mass is 902 g/mol. The van der Waals surface area contributed by atoms with Crippen LogP contribution in [0.25, 0.3) is 10.9 Å². The molecule has 0 saturated carbocycles. The fourth-order valence-corrected chi connectivity index (χ4v) is 7.83. The van der Waals surface area contributed by atoms with Gasteiger partial charge in [0.2, 0.25) is 0 Å². The lowest BCUT2D eigenvalue weighted by Gasteiger charge is -2.30. The smallest absolute Gasteiger partial charge is 0.304 e. The van der Waals surface area contributed by atoms with Crippen LogP contribution in [-0.2, 0) is 28.4 Å². The second-order valence-electron chi connectivity index (χ2n) is 16.4. The van der Waals surface area contributed by atoms with Crippen LogP contribution in [0.15, 0.2) is 83.3 Å². The Morgan fingerprint density at radius 1 is 0.682 bits per heavy atom. The predicted octanol–water partition coefficient (Wildman–Crippen LogP) is 7.30. The zero-order valence-electron chi connectivity index (χ0n) is 38.9. The first-order chi connectivity index (χ1) is 32.1. The molecule has 15 nitrogen and oxygen atoms in total. The molecule has 4 aliphatic rings. The number of benzene rings is 3. The van der Waals surface area contributed by atoms with Gasteiger partial charge in [-0.25, -0.2) is 10.1 Å². The van der Waals surface area contributed by atoms with Gasteiger partial charge in [-0.2, -0.15) is 5.26 Å². The van der Waals surface area contributed by atoms with E-state index in [1.165, 1.54) is 0 Å². The number of nitriles is 2. The predicted molar refractivity (Wildman–Crippen MR) is 253 cm³/mol. The quantitative estimate of drug-likeness (QED) is 0.101. The molecule has 0 unspecified atom stereocenters. The van der Waals surface area contributed by atoms with Gasteiger partial charge in [0.05, 0.1) is 108 Å². The van der Waals surface area contributed by atoms with Crippen molar-refractivity contribution in [1.29, 1.82) is 10.5 Å². The van der Waals surface area contributed by atoms with Gasteiger partial charge in [-0.1, -0.05) is 30.4 Å². The fraction of sp³-hybridized carbons (Fsp3) is 0.471. The van der Waals surface area contributed by atoms with Crippen molar-refractivity contribution in [3.05, 3.63) is 111 Å². The summed E-state index contributed by atoms with van der Waals surface area (Å²) in [5, 5.41) is 19.7. The van der Waals surface area contributed by atoms with E-state index < -0.39 is 5.60 Å². The van der Waals surface area contributed by atoms with Crippen LogP contribution >= 0.6 is 0 Å². The van der Waals surface area contributed by atoms with Crippen molar-refractivity contribution in [3.63, 3.8) is 0 Å². The first kappa shape index (κ1) is 49.2. The van der Waals surface area contributed by atoms with Gasteiger partial charge in [0, 0.05) is 38.9 Å². The second-order valence-corrected chi connectivity index (χ2v) is 16.4. The molecule has 1 saturated heterocycles. The Morgan fingerprint density at radius 2 is 1.18 bits per heavy atom. The highest BCUT2D eigenvalue weighted by Crippen LogP contribution is 2.41. The molecule has 4 aliphatic heterocycles. The first-order valence-electron chi connectivity index (χ1n) is 22.5. The summed E-state index contributed by atoms with van der Waals surface area (Å²) in [5.74, 6) is 2.14. The third kappa shape index (κ3) is 13.4. The standard InChI is InChI=1S/C51H62N6O9/c1-38-7-12-44-47(33-38)63-25-19-57(46-14-10-40(35-49(46)65-32-27-58-6)9-11-42-41(36-52)50(43(37-53)54-5)66-51(42,3)4)20-26-64-48-34-39(2)8-13-45(48)56-17-23-61-30-28-59-21-15-55(44)16-22-60-29-31-62-24-18-56/h7-14,33-35H,15-32H2,1-4,6H3/b11-9+,50-43-. The minimum absolute atomic E-state index is 0.00467. The molecule has 0 spiro atoms. The molecule has 0 N–H and O–H groups in total. The van der Waals surface area contributed by atoms with Crippen LogP contribution in [0, 0.1) is 43.1 Å². The summed E-state index contributed by atoms with van der Waals surface area (Å²) in [4.78, 5) is 10.00. The highest BCUT2D eigenvalue weighted by molar-refractivity contribution is 5.68. The van der Waals surface area contributed by atoms with Gasteiger partial charge in [-0.05, 0) is 80.8 Å². The van der Waals surface area contributed by atoms with Crippen molar-refractivity contribution < 1.29 is 42.6 Å². The van der Waals surface area contributed by atoms with Crippen molar-refractivity contribution >= 4 is 23.1 Å². The maximum atomic E-state index is 10.1. The van der Waals surface area contributed by atoms with E-state index in [0.717, 1.165) is 45.3 Å². The second kappa shape index (κ2) is 24.9. The van der Waals surface area contributed by atoms with E-state index in [0.29, 0.717) is 130 Å². The molecule has 7 rings (SSSR count). The van der Waals surface area contributed by atoms with Crippen LogP contribution in [0.1, 0.15) is 30.5 Å². The number of methoxy groups -OCH3 is 1. The molecule has 3 aromatic carbocycles. The van der Waals surface area contributed by atoms with E-state index >= 15 is 0 Å². The molecule has 66 heavy (non-hydrogen) atoms. The van der Waals surface area contributed by atoms with Crippen LogP contribution in [0.4, 0.5) is 17.1 Å². The minimum atomic E-state index is -0.951. The average molecular weight is 903 g/mol. The van der Waals surface area contributed by atoms with Gasteiger partial charge in [0.25, 0.3) is 0 Å². The summed E-state index contributed by atoms with van der Waals surface area (Å²) in [6.45, 7) is 24.0. The Kier molecular flexibility index (Phi) is 18.5. The van der Waals surface area contributed by atoms with Crippen molar-refractivity contribution in [2.45, 2.75) is 33.3 Å². The normalized spacial score (nSPS) is 19.0. The maximum Gasteiger partial charge on any atom is 0.304 e. The van der Waals surface area contributed by atoms with Gasteiger partial charge < -0.3 is 57.3 Å². The Bertz CT molecular complexity index is 2210. The number of fused-ring (bicyclic) bond motifs is 20. The minimum Gasteiger partial charge on any atom is -0.492 e. The molecule has 0 atom stereocenters. The van der Waals surface area contributed by atoms with Crippen molar-refractivity contribution in [2.24, 2.45) is 0 Å². The maximum absolute atomic E-state index is 10.1. The molecule has 350 valence electrons. The van der Waals surface area contributed by atoms with Crippen molar-refractivity contribution in [1.82, 2.24) is 0 Å². The van der Waals surface area contributed by atoms with Crippen LogP contribution < -0.4 is 28.9 Å². The van der Waals surface area contributed by atoms with Crippen molar-refractivity contribution in [3.8, 4) is 29.4 Å². The average Bonchev–Trinajstić information content (AvgIpc) is 3.56. The fourth-order valence-electron chi connectivity index (χ4n) is 7.83. The van der Waals surface area contributed by atoms with E-state index in [1.807, 2.05) is 30.3 Å². The zero-order chi connectivity index (χ0) is 46.7. The summed E-state index contributed by atoms with van der Waals surface area (Å²) in [6.07, 6.45) is 3.67. The summed E-state index contributed by atoms with van der Waals surface area (Å²) < 4.78 is 55.6. The SMILES string of the molecule is [C-]#[N+]/C(C#N)=C1\OC(C)(C)C(/C=C/c2ccc(N3CCOc4cc(C)ccc4N4CCOCCOCCN(CCOCCOCC4)c4ccc(C)cc4OCC3)c(OCCOC)c2)=C1C#N. The molecule has 0 amide bonds. The Hall–Kier alpha value is -6.25. The molecule has 3 aromatic rings. The molecule has 1 fully saturated rings. The number of nitrogens with zero attached hydrogens (tertiary/aromatic N) is 6. The first-order valence-corrected chi connectivity index (χ1v) is 22.5. The summed E-state index contributed by atoms with van der Waals surface area (Å²) in [6, 6.07) is 22.5. The number of anilines is 3. The third-order valence-corrected chi connectivity index (χ3v) is 11.3. The number of allylic oxidation sites excluding steroid dienone is 2. The van der Waals surface area contributed by atoms with E-state index in [9.17, 15) is 10.5 Å². The number of hydrogen-bond acceptors (Lipinski definition) is 14. The number of hydrogen-bond donors (Lipinski definition) is 0. The number of rotatable bonds is 7. The van der Waals surface area contributed by atoms with Gasteiger partial charge in [-0.3, -0.25) is 0 Å².